The van der Waals surface area contributed by atoms with Crippen LogP contribution in [0.2, 0.25) is 0 Å². The Morgan fingerprint density at radius 1 is 0.767 bits per heavy atom. The molecule has 4 aromatic carbocycles. The highest BCUT2D eigenvalue weighted by Gasteiger charge is 2.68. The SMILES string of the molecule is O=C1[C@H]2C[C@@]3(n4ccc5ccccc54)c4ccccc4N(S(=O)(=O)c4ccccc4)[C@H]3N2C(=O)CN1Cc1ccccc1. The normalized spacial score (nSPS) is 23.0. The molecule has 9 heteroatoms. The molecule has 43 heavy (non-hydrogen) atoms. The largest absolute Gasteiger partial charge is 0.333 e. The van der Waals surface area contributed by atoms with Crippen LogP contribution >= 0.6 is 0 Å². The summed E-state index contributed by atoms with van der Waals surface area (Å²) in [6, 6.07) is 34.4. The van der Waals surface area contributed by atoms with Crippen molar-refractivity contribution >= 4 is 38.4 Å². The Balaban J connectivity index is 1.36. The Kier molecular flexibility index (Phi) is 5.58. The minimum atomic E-state index is -4.14. The van der Waals surface area contributed by atoms with E-state index in [1.807, 2.05) is 85.1 Å². The smallest absolute Gasteiger partial charge is 0.266 e. The number of amides is 2. The van der Waals surface area contributed by atoms with Crippen molar-refractivity contribution in [2.45, 2.75) is 35.6 Å². The highest BCUT2D eigenvalue weighted by molar-refractivity contribution is 7.92. The van der Waals surface area contributed by atoms with E-state index < -0.39 is 27.8 Å². The van der Waals surface area contributed by atoms with Gasteiger partial charge in [-0.3, -0.25) is 9.59 Å². The van der Waals surface area contributed by atoms with Gasteiger partial charge in [0.25, 0.3) is 10.0 Å². The molecule has 0 bridgehead atoms. The molecule has 3 aliphatic heterocycles. The number of sulfonamides is 1. The molecule has 0 unspecified atom stereocenters. The second-order valence-electron chi connectivity index (χ2n) is 11.4. The number of para-hydroxylation sites is 2. The van der Waals surface area contributed by atoms with E-state index in [2.05, 4.69) is 4.57 Å². The topological polar surface area (TPSA) is 82.9 Å². The van der Waals surface area contributed by atoms with Crippen LogP contribution in [0.25, 0.3) is 10.9 Å². The standard InChI is InChI=1S/C34H28N4O4S/c39-31-23-35(22-24-11-3-1-4-12-24)32(40)30-21-34(36-20-19-25-13-7-9-17-28(25)36)27-16-8-10-18-29(27)38(33(34)37(30)31)43(41,42)26-14-5-2-6-15-26/h1-20,30,33H,21-23H2/t30-,33-,34-/m1/s1. The van der Waals surface area contributed by atoms with E-state index in [0.29, 0.717) is 12.2 Å². The molecule has 3 aliphatic rings. The van der Waals surface area contributed by atoms with Gasteiger partial charge in [-0.2, -0.15) is 0 Å². The molecule has 2 fully saturated rings. The first-order chi connectivity index (χ1) is 20.9. The van der Waals surface area contributed by atoms with Gasteiger partial charge in [-0.25, -0.2) is 12.7 Å². The van der Waals surface area contributed by atoms with Crippen molar-refractivity contribution in [1.29, 1.82) is 0 Å². The zero-order valence-electron chi connectivity index (χ0n) is 23.2. The van der Waals surface area contributed by atoms with Crippen LogP contribution in [-0.4, -0.2) is 53.4 Å². The summed E-state index contributed by atoms with van der Waals surface area (Å²) < 4.78 is 32.6. The highest BCUT2D eigenvalue weighted by Crippen LogP contribution is 2.58. The third-order valence-electron chi connectivity index (χ3n) is 9.12. The lowest BCUT2D eigenvalue weighted by Gasteiger charge is -2.42. The first-order valence-electron chi connectivity index (χ1n) is 14.3. The van der Waals surface area contributed by atoms with Crippen molar-refractivity contribution in [3.63, 3.8) is 0 Å². The van der Waals surface area contributed by atoms with Gasteiger partial charge in [0, 0.05) is 30.2 Å². The van der Waals surface area contributed by atoms with E-state index in [9.17, 15) is 18.0 Å². The summed E-state index contributed by atoms with van der Waals surface area (Å²) in [5.41, 5.74) is 2.08. The van der Waals surface area contributed by atoms with Crippen LogP contribution in [0.3, 0.4) is 0 Å². The number of rotatable bonds is 5. The number of nitrogens with zero attached hydrogens (tertiary/aromatic N) is 4. The summed E-state index contributed by atoms with van der Waals surface area (Å²) in [5.74, 6) is -0.451. The maximum Gasteiger partial charge on any atom is 0.266 e. The minimum absolute atomic E-state index is 0.126. The molecule has 214 valence electrons. The molecule has 0 spiro atoms. The van der Waals surface area contributed by atoms with Crippen molar-refractivity contribution < 1.29 is 18.0 Å². The Morgan fingerprint density at radius 3 is 2.23 bits per heavy atom. The fraction of sp³-hybridized carbons (Fsp3) is 0.176. The van der Waals surface area contributed by atoms with E-state index >= 15 is 0 Å². The third kappa shape index (κ3) is 3.58. The van der Waals surface area contributed by atoms with Crippen molar-refractivity contribution in [1.82, 2.24) is 14.4 Å². The second kappa shape index (κ2) is 9.31. The summed E-state index contributed by atoms with van der Waals surface area (Å²) >= 11 is 0. The lowest BCUT2D eigenvalue weighted by Crippen LogP contribution is -2.63. The van der Waals surface area contributed by atoms with E-state index in [-0.39, 0.29) is 29.7 Å². The van der Waals surface area contributed by atoms with Crippen molar-refractivity contribution in [2.75, 3.05) is 10.8 Å². The van der Waals surface area contributed by atoms with Crippen LogP contribution in [0.4, 0.5) is 5.69 Å². The number of hydrogen-bond donors (Lipinski definition) is 0. The number of fused-ring (bicyclic) bond motifs is 6. The van der Waals surface area contributed by atoms with Crippen molar-refractivity contribution in [2.24, 2.45) is 0 Å². The van der Waals surface area contributed by atoms with Crippen LogP contribution in [0, 0.1) is 0 Å². The first-order valence-corrected chi connectivity index (χ1v) is 15.7. The van der Waals surface area contributed by atoms with Crippen LogP contribution < -0.4 is 4.31 Å². The third-order valence-corrected chi connectivity index (χ3v) is 10.9. The van der Waals surface area contributed by atoms with Gasteiger partial charge in [-0.1, -0.05) is 84.9 Å². The van der Waals surface area contributed by atoms with Crippen LogP contribution in [-0.2, 0) is 31.7 Å². The average molecular weight is 589 g/mol. The van der Waals surface area contributed by atoms with Gasteiger partial charge < -0.3 is 14.4 Å². The lowest BCUT2D eigenvalue weighted by molar-refractivity contribution is -0.155. The first kappa shape index (κ1) is 25.8. The van der Waals surface area contributed by atoms with E-state index in [0.717, 1.165) is 22.0 Å². The lowest BCUT2D eigenvalue weighted by atomic mass is 9.86. The zero-order chi connectivity index (χ0) is 29.3. The summed E-state index contributed by atoms with van der Waals surface area (Å²) in [7, 11) is -4.14. The van der Waals surface area contributed by atoms with Crippen LogP contribution in [0.5, 0.6) is 0 Å². The summed E-state index contributed by atoms with van der Waals surface area (Å²) in [5, 5.41) is 0.991. The Hall–Kier alpha value is -4.89. The molecule has 4 heterocycles. The molecule has 3 atom stereocenters. The molecule has 2 amide bonds. The van der Waals surface area contributed by atoms with Gasteiger partial charge >= 0.3 is 0 Å². The fourth-order valence-electron chi connectivity index (χ4n) is 7.36. The molecule has 0 N–H and O–H groups in total. The number of anilines is 1. The van der Waals surface area contributed by atoms with Gasteiger partial charge in [-0.15, -0.1) is 0 Å². The zero-order valence-corrected chi connectivity index (χ0v) is 24.0. The van der Waals surface area contributed by atoms with Crippen molar-refractivity contribution in [3.05, 3.63) is 133 Å². The maximum absolute atomic E-state index is 14.6. The second-order valence-corrected chi connectivity index (χ2v) is 13.2. The van der Waals surface area contributed by atoms with E-state index in [1.54, 1.807) is 46.2 Å². The molecule has 0 saturated carbocycles. The molecule has 0 aliphatic carbocycles. The number of aromatic nitrogens is 1. The summed E-state index contributed by atoms with van der Waals surface area (Å²) in [6.07, 6.45) is 1.22. The molecule has 0 radical (unpaired) electrons. The predicted octanol–water partition coefficient (Wildman–Crippen LogP) is 4.56. The van der Waals surface area contributed by atoms with Crippen LogP contribution in [0.1, 0.15) is 17.5 Å². The number of carbonyl (C=O) groups excluding carboxylic acids is 2. The molecular weight excluding hydrogens is 560 g/mol. The fourth-order valence-corrected chi connectivity index (χ4v) is 9.04. The van der Waals surface area contributed by atoms with Crippen LogP contribution in [0.15, 0.2) is 126 Å². The summed E-state index contributed by atoms with van der Waals surface area (Å²) in [4.78, 5) is 31.7. The van der Waals surface area contributed by atoms with Gasteiger partial charge in [0.2, 0.25) is 11.8 Å². The Bertz CT molecular complexity index is 2010. The number of carbonyl (C=O) groups is 2. The predicted molar refractivity (Wildman–Crippen MR) is 162 cm³/mol. The quantitative estimate of drug-likeness (QED) is 0.301. The molecule has 8 nitrogen and oxygen atoms in total. The molecular formula is C34H28N4O4S. The van der Waals surface area contributed by atoms with E-state index in [1.165, 1.54) is 4.31 Å². The van der Waals surface area contributed by atoms with Gasteiger partial charge in [0.15, 0.2) is 0 Å². The van der Waals surface area contributed by atoms with E-state index in [4.69, 9.17) is 0 Å². The molecule has 2 saturated heterocycles. The average Bonchev–Trinajstić information content (AvgIpc) is 3.70. The van der Waals surface area contributed by atoms with Gasteiger partial charge in [-0.05, 0) is 41.3 Å². The van der Waals surface area contributed by atoms with Crippen molar-refractivity contribution in [3.8, 4) is 0 Å². The number of benzene rings is 4. The molecule has 5 aromatic rings. The van der Waals surface area contributed by atoms with Gasteiger partial charge in [0.1, 0.15) is 24.3 Å². The number of piperazine rings is 1. The molecule has 8 rings (SSSR count). The summed E-state index contributed by atoms with van der Waals surface area (Å²) in [6.45, 7) is 0.182. The monoisotopic (exact) mass is 588 g/mol. The number of hydrogen-bond acceptors (Lipinski definition) is 4. The highest BCUT2D eigenvalue weighted by atomic mass is 32.2. The molecule has 1 aromatic heterocycles. The Morgan fingerprint density at radius 2 is 1.44 bits per heavy atom. The Labute approximate surface area is 249 Å². The minimum Gasteiger partial charge on any atom is -0.333 e. The van der Waals surface area contributed by atoms with Gasteiger partial charge in [0.05, 0.1) is 10.6 Å². The maximum atomic E-state index is 14.6.